The molecule has 0 spiro atoms. The molecule has 0 aliphatic heterocycles. The third-order valence-corrected chi connectivity index (χ3v) is 4.93. The average molecular weight is 450 g/mol. The second-order valence-electron chi connectivity index (χ2n) is 6.90. The summed E-state index contributed by atoms with van der Waals surface area (Å²) in [7, 11) is 1.60. The first-order chi connectivity index (χ1) is 14.1. The Hall–Kier alpha value is -2.27. The largest absolute Gasteiger partial charge is 0.493 e. The Kier molecular flexibility index (Phi) is 9.44. The Balaban J connectivity index is 0.00000320. The number of aryl methyl sites for hydroxylation is 1. The van der Waals surface area contributed by atoms with E-state index in [0.717, 1.165) is 11.1 Å². The molecule has 0 radical (unpaired) electrons. The second-order valence-corrected chi connectivity index (χ2v) is 7.31. The van der Waals surface area contributed by atoms with Gasteiger partial charge in [-0.2, -0.15) is 0 Å². The predicted molar refractivity (Wildman–Crippen MR) is 123 cm³/mol. The molecule has 3 aromatic rings. The van der Waals surface area contributed by atoms with Gasteiger partial charge in [0, 0.05) is 6.54 Å². The molecular weight excluding hydrogens is 424 g/mol. The maximum absolute atomic E-state index is 13.7. The fourth-order valence-electron chi connectivity index (χ4n) is 3.01. The molecule has 0 aliphatic rings. The molecule has 6 heteroatoms. The highest BCUT2D eigenvalue weighted by Gasteiger charge is 2.12. The van der Waals surface area contributed by atoms with Crippen molar-refractivity contribution in [3.05, 3.63) is 93.8 Å². The van der Waals surface area contributed by atoms with Crippen LogP contribution in [0.1, 0.15) is 22.3 Å². The quantitative estimate of drug-likeness (QED) is 0.398. The lowest BCUT2D eigenvalue weighted by Crippen LogP contribution is -2.17. The number of nitrogens with one attached hydrogen (secondary N) is 1. The van der Waals surface area contributed by atoms with Crippen molar-refractivity contribution in [2.24, 2.45) is 0 Å². The monoisotopic (exact) mass is 449 g/mol. The summed E-state index contributed by atoms with van der Waals surface area (Å²) < 4.78 is 25.1. The lowest BCUT2D eigenvalue weighted by Gasteiger charge is -2.15. The van der Waals surface area contributed by atoms with Gasteiger partial charge in [-0.3, -0.25) is 0 Å². The molecule has 3 aromatic carbocycles. The van der Waals surface area contributed by atoms with Gasteiger partial charge in [0.15, 0.2) is 11.5 Å². The van der Waals surface area contributed by atoms with E-state index in [1.165, 1.54) is 11.6 Å². The van der Waals surface area contributed by atoms with E-state index >= 15 is 0 Å². The molecule has 3 nitrogen and oxygen atoms in total. The molecule has 0 heterocycles. The number of hydrogen-bond donors (Lipinski definition) is 1. The van der Waals surface area contributed by atoms with Crippen molar-refractivity contribution in [1.29, 1.82) is 0 Å². The zero-order valence-corrected chi connectivity index (χ0v) is 18.7. The van der Waals surface area contributed by atoms with Crippen LogP contribution in [0.4, 0.5) is 4.39 Å². The lowest BCUT2D eigenvalue weighted by molar-refractivity contribution is 0.284. The number of halogens is 3. The molecule has 0 fully saturated rings. The minimum absolute atomic E-state index is 0. The van der Waals surface area contributed by atoms with Crippen molar-refractivity contribution in [3.63, 3.8) is 0 Å². The number of rotatable bonds is 9. The van der Waals surface area contributed by atoms with E-state index in [1.807, 2.05) is 49.4 Å². The van der Waals surface area contributed by atoms with Crippen molar-refractivity contribution >= 4 is 24.0 Å². The Morgan fingerprint density at radius 2 is 1.73 bits per heavy atom. The van der Waals surface area contributed by atoms with E-state index in [9.17, 15) is 4.39 Å². The van der Waals surface area contributed by atoms with Crippen LogP contribution in [-0.4, -0.2) is 13.7 Å². The fraction of sp³-hybridized carbons (Fsp3) is 0.250. The maximum atomic E-state index is 13.7. The van der Waals surface area contributed by atoms with Gasteiger partial charge in [-0.05, 0) is 54.8 Å². The van der Waals surface area contributed by atoms with Gasteiger partial charge in [0.2, 0.25) is 0 Å². The summed E-state index contributed by atoms with van der Waals surface area (Å²) >= 11 is 6.45. The number of methoxy groups -OCH3 is 1. The minimum Gasteiger partial charge on any atom is -0.493 e. The van der Waals surface area contributed by atoms with Crippen LogP contribution in [0.15, 0.2) is 60.7 Å². The summed E-state index contributed by atoms with van der Waals surface area (Å²) in [4.78, 5) is 0. The summed E-state index contributed by atoms with van der Waals surface area (Å²) in [6, 6.07) is 18.8. The van der Waals surface area contributed by atoms with Crippen molar-refractivity contribution in [3.8, 4) is 11.5 Å². The minimum atomic E-state index is -0.172. The molecule has 0 unspecified atom stereocenters. The number of hydrogen-bond acceptors (Lipinski definition) is 3. The summed E-state index contributed by atoms with van der Waals surface area (Å²) in [5.74, 6) is 0.953. The van der Waals surface area contributed by atoms with Crippen LogP contribution >= 0.6 is 24.0 Å². The van der Waals surface area contributed by atoms with Gasteiger partial charge in [0.05, 0.1) is 12.1 Å². The van der Waals surface area contributed by atoms with Crippen LogP contribution in [0.25, 0.3) is 0 Å². The summed E-state index contributed by atoms with van der Waals surface area (Å²) in [6.07, 6.45) is 0.620. The Morgan fingerprint density at radius 1 is 1.00 bits per heavy atom. The Bertz CT molecular complexity index is 948. The highest BCUT2D eigenvalue weighted by molar-refractivity contribution is 6.32. The van der Waals surface area contributed by atoms with Gasteiger partial charge in [0.25, 0.3) is 0 Å². The van der Waals surface area contributed by atoms with Gasteiger partial charge < -0.3 is 14.8 Å². The van der Waals surface area contributed by atoms with E-state index in [2.05, 4.69) is 5.32 Å². The molecule has 30 heavy (non-hydrogen) atoms. The third kappa shape index (κ3) is 6.63. The van der Waals surface area contributed by atoms with Crippen LogP contribution in [-0.2, 0) is 19.6 Å². The van der Waals surface area contributed by atoms with E-state index in [1.54, 1.807) is 19.2 Å². The highest BCUT2D eigenvalue weighted by atomic mass is 35.5. The van der Waals surface area contributed by atoms with Crippen LogP contribution in [0.2, 0.25) is 5.02 Å². The van der Waals surface area contributed by atoms with Crippen molar-refractivity contribution < 1.29 is 13.9 Å². The molecule has 0 amide bonds. The molecule has 0 saturated heterocycles. The van der Waals surface area contributed by atoms with E-state index in [0.29, 0.717) is 48.2 Å². The Labute approximate surface area is 188 Å². The average Bonchev–Trinajstić information content (AvgIpc) is 2.72. The normalized spacial score (nSPS) is 10.4. The van der Waals surface area contributed by atoms with Gasteiger partial charge in [0.1, 0.15) is 12.4 Å². The molecule has 0 aromatic heterocycles. The topological polar surface area (TPSA) is 30.5 Å². The fourth-order valence-corrected chi connectivity index (χ4v) is 3.30. The maximum Gasteiger partial charge on any atom is 0.180 e. The number of ether oxygens (including phenoxy) is 2. The molecule has 3 rings (SSSR count). The summed E-state index contributed by atoms with van der Waals surface area (Å²) in [6.45, 7) is 3.72. The second kappa shape index (κ2) is 11.8. The zero-order chi connectivity index (χ0) is 20.6. The first-order valence-corrected chi connectivity index (χ1v) is 9.93. The third-order valence-electron chi connectivity index (χ3n) is 4.65. The van der Waals surface area contributed by atoms with Crippen molar-refractivity contribution in [2.75, 3.05) is 13.7 Å². The Morgan fingerprint density at radius 3 is 2.43 bits per heavy atom. The van der Waals surface area contributed by atoms with Gasteiger partial charge >= 0.3 is 0 Å². The van der Waals surface area contributed by atoms with Gasteiger partial charge in [-0.1, -0.05) is 59.6 Å². The molecule has 0 bridgehead atoms. The first-order valence-electron chi connectivity index (χ1n) is 9.55. The zero-order valence-electron chi connectivity index (χ0n) is 17.1. The van der Waals surface area contributed by atoms with E-state index in [-0.39, 0.29) is 18.2 Å². The van der Waals surface area contributed by atoms with Gasteiger partial charge in [-0.25, -0.2) is 4.39 Å². The standard InChI is InChI=1S/C24H25ClFNO2.ClH/c1-17-7-9-18(10-8-17)16-29-24-21(25)13-19(14-23(24)28-2)15-27-12-11-20-5-3-4-6-22(20)26;/h3-10,13-14,27H,11-12,15-16H2,1-2H3;1H. The van der Waals surface area contributed by atoms with E-state index < -0.39 is 0 Å². The SMILES string of the molecule is COc1cc(CNCCc2ccccc2F)cc(Cl)c1OCc1ccc(C)cc1.Cl. The van der Waals surface area contributed by atoms with Crippen molar-refractivity contribution in [2.45, 2.75) is 26.5 Å². The molecular formula is C24H26Cl2FNO2. The van der Waals surface area contributed by atoms with Crippen LogP contribution in [0.5, 0.6) is 11.5 Å². The molecule has 160 valence electrons. The lowest BCUT2D eigenvalue weighted by atomic mass is 10.1. The number of benzene rings is 3. The summed E-state index contributed by atoms with van der Waals surface area (Å²) in [5.41, 5.74) is 3.95. The van der Waals surface area contributed by atoms with Crippen molar-refractivity contribution in [1.82, 2.24) is 5.32 Å². The summed E-state index contributed by atoms with van der Waals surface area (Å²) in [5, 5.41) is 3.82. The van der Waals surface area contributed by atoms with E-state index in [4.69, 9.17) is 21.1 Å². The van der Waals surface area contributed by atoms with Gasteiger partial charge in [-0.15, -0.1) is 12.4 Å². The van der Waals surface area contributed by atoms with Crippen LogP contribution in [0.3, 0.4) is 0 Å². The molecule has 0 aliphatic carbocycles. The molecule has 1 N–H and O–H groups in total. The van der Waals surface area contributed by atoms with Crippen LogP contribution in [0, 0.1) is 12.7 Å². The highest BCUT2D eigenvalue weighted by Crippen LogP contribution is 2.37. The predicted octanol–water partition coefficient (Wildman–Crippen LogP) is 6.13. The first kappa shape index (κ1) is 24.0. The molecule has 0 saturated carbocycles. The van der Waals surface area contributed by atoms with Crippen LogP contribution < -0.4 is 14.8 Å². The molecule has 0 atom stereocenters. The smallest absolute Gasteiger partial charge is 0.180 e.